The number of pyridine rings is 1. The van der Waals surface area contributed by atoms with Crippen LogP contribution in [0.3, 0.4) is 0 Å². The summed E-state index contributed by atoms with van der Waals surface area (Å²) < 4.78 is 49.9. The molecule has 17 heavy (non-hydrogen) atoms. The lowest BCUT2D eigenvalue weighted by Crippen LogP contribution is -2.16. The van der Waals surface area contributed by atoms with Gasteiger partial charge in [-0.05, 0) is 34.1 Å². The van der Waals surface area contributed by atoms with E-state index in [-0.39, 0.29) is 10.9 Å². The van der Waals surface area contributed by atoms with Gasteiger partial charge in [-0.15, -0.1) is 0 Å². The molecule has 2 aromatic rings. The Kier molecular flexibility index (Phi) is 2.73. The minimum absolute atomic E-state index is 0.0630. The van der Waals surface area contributed by atoms with E-state index in [1.807, 2.05) is 0 Å². The van der Waals surface area contributed by atoms with Gasteiger partial charge in [0.1, 0.15) is 11.5 Å². The Morgan fingerprint density at radius 1 is 1.24 bits per heavy atom. The normalized spacial score (nSPS) is 12.1. The molecule has 0 radical (unpaired) electrons. The van der Waals surface area contributed by atoms with Crippen LogP contribution in [0.25, 0.3) is 10.9 Å². The third-order valence-corrected chi connectivity index (χ3v) is 2.94. The van der Waals surface area contributed by atoms with Crippen LogP contribution in [-0.2, 0) is 6.18 Å². The molecule has 0 aliphatic heterocycles. The van der Waals surface area contributed by atoms with Gasteiger partial charge in [0.25, 0.3) is 0 Å². The van der Waals surface area contributed by atoms with Crippen molar-refractivity contribution in [2.45, 2.75) is 6.18 Å². The van der Waals surface area contributed by atoms with Gasteiger partial charge in [0.05, 0.1) is 4.47 Å². The average Bonchev–Trinajstić information content (AvgIpc) is 2.22. The fourth-order valence-corrected chi connectivity index (χ4v) is 1.97. The Morgan fingerprint density at radius 2 is 1.88 bits per heavy atom. The highest BCUT2D eigenvalue weighted by atomic mass is 79.9. The lowest BCUT2D eigenvalue weighted by molar-refractivity contribution is -0.141. The molecule has 1 aromatic heterocycles. The van der Waals surface area contributed by atoms with Crippen molar-refractivity contribution in [1.29, 1.82) is 0 Å². The molecule has 2 rings (SSSR count). The van der Waals surface area contributed by atoms with E-state index < -0.39 is 27.6 Å². The zero-order chi connectivity index (χ0) is 12.8. The fourth-order valence-electron chi connectivity index (χ4n) is 1.43. The summed E-state index contributed by atoms with van der Waals surface area (Å²) in [5.74, 6) is -0.686. The smallest absolute Gasteiger partial charge is 0.350 e. The first-order valence-corrected chi connectivity index (χ1v) is 5.18. The van der Waals surface area contributed by atoms with Gasteiger partial charge < -0.3 is 4.98 Å². The third-order valence-electron chi connectivity index (χ3n) is 2.19. The van der Waals surface area contributed by atoms with Crippen LogP contribution in [0.1, 0.15) is 5.69 Å². The van der Waals surface area contributed by atoms with E-state index >= 15 is 0 Å². The van der Waals surface area contributed by atoms with E-state index in [0.29, 0.717) is 0 Å². The van der Waals surface area contributed by atoms with Gasteiger partial charge in [0, 0.05) is 10.9 Å². The second-order valence-electron chi connectivity index (χ2n) is 3.33. The van der Waals surface area contributed by atoms with Crippen molar-refractivity contribution in [1.82, 2.24) is 4.98 Å². The standard InChI is InChI=1S/C10H4BrF4NO/c11-7-8(17)5-3-4(12)1-2-6(5)16-9(7)10(13,14)15/h1-3H,(H,16,17). The number of benzene rings is 1. The van der Waals surface area contributed by atoms with E-state index in [2.05, 4.69) is 20.9 Å². The summed E-state index contributed by atoms with van der Waals surface area (Å²) in [6, 6.07) is 2.96. The number of hydrogen-bond donors (Lipinski definition) is 1. The van der Waals surface area contributed by atoms with Crippen molar-refractivity contribution >= 4 is 26.8 Å². The number of hydrogen-bond acceptors (Lipinski definition) is 1. The number of aromatic amines is 1. The number of rotatable bonds is 0. The summed E-state index contributed by atoms with van der Waals surface area (Å²) >= 11 is 2.58. The maximum absolute atomic E-state index is 12.9. The monoisotopic (exact) mass is 309 g/mol. The van der Waals surface area contributed by atoms with Crippen LogP contribution in [-0.4, -0.2) is 4.98 Å². The molecule has 0 saturated carbocycles. The summed E-state index contributed by atoms with van der Waals surface area (Å²) in [6.45, 7) is 0. The molecular weight excluding hydrogens is 306 g/mol. The molecule has 0 saturated heterocycles. The minimum Gasteiger partial charge on any atom is -0.350 e. The molecule has 1 heterocycles. The summed E-state index contributed by atoms with van der Waals surface area (Å²) in [6.07, 6.45) is -4.68. The zero-order valence-corrected chi connectivity index (χ0v) is 9.62. The third kappa shape index (κ3) is 2.06. The van der Waals surface area contributed by atoms with Gasteiger partial charge in [0.2, 0.25) is 5.43 Å². The van der Waals surface area contributed by atoms with Crippen LogP contribution in [0, 0.1) is 5.82 Å². The SMILES string of the molecule is O=c1c(Br)c(C(F)(F)F)[nH]c2ccc(F)cc12. The first-order valence-electron chi connectivity index (χ1n) is 4.39. The fraction of sp³-hybridized carbons (Fsp3) is 0.100. The Bertz CT molecular complexity index is 647. The molecule has 0 aliphatic rings. The summed E-state index contributed by atoms with van der Waals surface area (Å²) in [5, 5.41) is -0.134. The van der Waals surface area contributed by atoms with Crippen LogP contribution in [0.15, 0.2) is 27.5 Å². The van der Waals surface area contributed by atoms with Crippen molar-refractivity contribution in [2.24, 2.45) is 0 Å². The van der Waals surface area contributed by atoms with E-state index in [1.165, 1.54) is 0 Å². The zero-order valence-electron chi connectivity index (χ0n) is 8.03. The molecule has 90 valence electrons. The number of aromatic nitrogens is 1. The lowest BCUT2D eigenvalue weighted by Gasteiger charge is -2.10. The van der Waals surface area contributed by atoms with Gasteiger partial charge in [-0.3, -0.25) is 4.79 Å². The maximum atomic E-state index is 12.9. The first-order chi connectivity index (χ1) is 7.80. The van der Waals surface area contributed by atoms with Crippen LogP contribution in [0.2, 0.25) is 0 Å². The van der Waals surface area contributed by atoms with E-state index in [0.717, 1.165) is 18.2 Å². The quantitative estimate of drug-likeness (QED) is 0.743. The topological polar surface area (TPSA) is 32.9 Å². The number of H-pyrrole nitrogens is 1. The lowest BCUT2D eigenvalue weighted by atomic mass is 10.2. The van der Waals surface area contributed by atoms with Crippen molar-refractivity contribution in [3.63, 3.8) is 0 Å². The maximum Gasteiger partial charge on any atom is 0.432 e. The average molecular weight is 310 g/mol. The summed E-state index contributed by atoms with van der Waals surface area (Å²) in [7, 11) is 0. The Labute approximate surface area is 100 Å². The Balaban J connectivity index is 2.90. The highest BCUT2D eigenvalue weighted by molar-refractivity contribution is 9.10. The molecule has 2 nitrogen and oxygen atoms in total. The summed E-state index contributed by atoms with van der Waals surface area (Å²) in [4.78, 5) is 13.7. The minimum atomic E-state index is -4.68. The molecule has 0 amide bonds. The predicted molar refractivity (Wildman–Crippen MR) is 57.2 cm³/mol. The highest BCUT2D eigenvalue weighted by Crippen LogP contribution is 2.32. The van der Waals surface area contributed by atoms with Gasteiger partial charge in [-0.2, -0.15) is 13.2 Å². The Hall–Kier alpha value is -1.37. The van der Waals surface area contributed by atoms with Crippen LogP contribution >= 0.6 is 15.9 Å². The molecule has 0 spiro atoms. The van der Waals surface area contributed by atoms with Gasteiger partial charge >= 0.3 is 6.18 Å². The molecular formula is C10H4BrF4NO. The number of halogens is 5. The second kappa shape index (κ2) is 3.83. The summed E-state index contributed by atoms with van der Waals surface area (Å²) in [5.41, 5.74) is -2.14. The Morgan fingerprint density at radius 3 is 2.47 bits per heavy atom. The van der Waals surface area contributed by atoms with Crippen molar-refractivity contribution in [3.8, 4) is 0 Å². The molecule has 0 unspecified atom stereocenters. The highest BCUT2D eigenvalue weighted by Gasteiger charge is 2.35. The van der Waals surface area contributed by atoms with Gasteiger partial charge in [-0.25, -0.2) is 4.39 Å². The molecule has 7 heteroatoms. The molecule has 1 aromatic carbocycles. The van der Waals surface area contributed by atoms with Gasteiger partial charge in [0.15, 0.2) is 0 Å². The van der Waals surface area contributed by atoms with E-state index in [9.17, 15) is 22.4 Å². The molecule has 0 atom stereocenters. The number of alkyl halides is 3. The molecule has 0 aliphatic carbocycles. The number of fused-ring (bicyclic) bond motifs is 1. The van der Waals surface area contributed by atoms with Crippen LogP contribution in [0.5, 0.6) is 0 Å². The van der Waals surface area contributed by atoms with Crippen LogP contribution < -0.4 is 5.43 Å². The van der Waals surface area contributed by atoms with Crippen molar-refractivity contribution in [2.75, 3.05) is 0 Å². The van der Waals surface area contributed by atoms with Gasteiger partial charge in [-0.1, -0.05) is 0 Å². The van der Waals surface area contributed by atoms with Crippen molar-refractivity contribution in [3.05, 3.63) is 44.4 Å². The van der Waals surface area contributed by atoms with Crippen LogP contribution in [0.4, 0.5) is 17.6 Å². The largest absolute Gasteiger partial charge is 0.432 e. The first kappa shape index (κ1) is 12.1. The molecule has 1 N–H and O–H groups in total. The van der Waals surface area contributed by atoms with E-state index in [1.54, 1.807) is 0 Å². The predicted octanol–water partition coefficient (Wildman–Crippen LogP) is 3.45. The van der Waals surface area contributed by atoms with E-state index in [4.69, 9.17) is 0 Å². The second-order valence-corrected chi connectivity index (χ2v) is 4.12. The molecule has 0 fully saturated rings. The van der Waals surface area contributed by atoms with Crippen molar-refractivity contribution < 1.29 is 17.6 Å². The number of nitrogens with one attached hydrogen (secondary N) is 1. The molecule has 0 bridgehead atoms.